The zero-order chi connectivity index (χ0) is 20.7. The summed E-state index contributed by atoms with van der Waals surface area (Å²) in [4.78, 5) is 29.2. The summed E-state index contributed by atoms with van der Waals surface area (Å²) in [6, 6.07) is 10.3. The van der Waals surface area contributed by atoms with Gasteiger partial charge in [0.25, 0.3) is 11.7 Å². The smallest absolute Gasteiger partial charge is 0.295 e. The first kappa shape index (κ1) is 19.0. The molecule has 3 heterocycles. The number of hydrogen-bond donors (Lipinski definition) is 1. The van der Waals surface area contributed by atoms with Gasteiger partial charge in [-0.25, -0.2) is 0 Å². The second-order valence-electron chi connectivity index (χ2n) is 7.48. The number of likely N-dealkylation sites (N-methyl/N-ethyl adjacent to an activating group) is 1. The second-order valence-corrected chi connectivity index (χ2v) is 7.48. The van der Waals surface area contributed by atoms with Crippen LogP contribution in [0.2, 0.25) is 0 Å². The first-order valence-electron chi connectivity index (χ1n) is 9.41. The molecule has 1 amide bonds. The number of aromatic nitrogens is 1. The largest absolute Gasteiger partial charge is 0.507 e. The lowest BCUT2D eigenvalue weighted by molar-refractivity contribution is -0.140. The third-order valence-corrected chi connectivity index (χ3v) is 5.29. The maximum absolute atomic E-state index is 13.0. The number of nitrogens with zero attached hydrogens (tertiary/aromatic N) is 3. The number of amides is 1. The quantitative estimate of drug-likeness (QED) is 0.410. The Morgan fingerprint density at radius 2 is 1.93 bits per heavy atom. The zero-order valence-electron chi connectivity index (χ0n) is 16.6. The van der Waals surface area contributed by atoms with Crippen molar-refractivity contribution in [3.05, 3.63) is 65.8 Å². The van der Waals surface area contributed by atoms with E-state index in [9.17, 15) is 14.7 Å². The molecule has 2 aromatic heterocycles. The van der Waals surface area contributed by atoms with Crippen molar-refractivity contribution in [1.82, 2.24) is 14.4 Å². The van der Waals surface area contributed by atoms with E-state index in [1.54, 1.807) is 18.3 Å². The highest BCUT2D eigenvalue weighted by Crippen LogP contribution is 2.40. The summed E-state index contributed by atoms with van der Waals surface area (Å²) in [5, 5.41) is 12.0. The number of aliphatic hydroxyl groups excluding tert-OH is 1. The standard InChI is InChI=1S/C22H23N3O4/c1-23(2)10-11-25-19(17-9-6-12-29-17)18(21(27)22(25)28)20(26)15-13-24(3)16-8-5-4-7-14(15)16/h4-9,12-13,19,26H,10-11H2,1-3H3/b20-18+/t19-/m0/s1. The summed E-state index contributed by atoms with van der Waals surface area (Å²) in [7, 11) is 5.67. The molecule has 0 aliphatic carbocycles. The molecule has 0 bridgehead atoms. The third kappa shape index (κ3) is 3.13. The van der Waals surface area contributed by atoms with Gasteiger partial charge >= 0.3 is 0 Å². The number of para-hydroxylation sites is 1. The van der Waals surface area contributed by atoms with Gasteiger partial charge in [-0.1, -0.05) is 18.2 Å². The number of aliphatic hydroxyl groups is 1. The fourth-order valence-electron chi connectivity index (χ4n) is 3.84. The van der Waals surface area contributed by atoms with Gasteiger partial charge in [-0.2, -0.15) is 0 Å². The number of likely N-dealkylation sites (tertiary alicyclic amines) is 1. The van der Waals surface area contributed by atoms with Crippen LogP contribution < -0.4 is 0 Å². The van der Waals surface area contributed by atoms with E-state index in [1.807, 2.05) is 54.9 Å². The number of carbonyl (C=O) groups is 2. The molecular weight excluding hydrogens is 370 g/mol. The summed E-state index contributed by atoms with van der Waals surface area (Å²) in [5.41, 5.74) is 1.50. The Bertz CT molecular complexity index is 1110. The summed E-state index contributed by atoms with van der Waals surface area (Å²) >= 11 is 0. The van der Waals surface area contributed by atoms with Crippen LogP contribution in [0.25, 0.3) is 16.7 Å². The van der Waals surface area contributed by atoms with Gasteiger partial charge in [0.2, 0.25) is 0 Å². The zero-order valence-corrected chi connectivity index (χ0v) is 16.6. The SMILES string of the molecule is CN(C)CCN1C(=O)C(=O)/C(=C(/O)c2cn(C)c3ccccc23)[C@@H]1c1ccco1. The Morgan fingerprint density at radius 1 is 1.17 bits per heavy atom. The van der Waals surface area contributed by atoms with E-state index in [4.69, 9.17) is 4.42 Å². The number of fused-ring (bicyclic) bond motifs is 1. The molecule has 0 radical (unpaired) electrons. The molecule has 1 aliphatic rings. The maximum Gasteiger partial charge on any atom is 0.295 e. The molecule has 0 saturated carbocycles. The number of ketones is 1. The van der Waals surface area contributed by atoms with Gasteiger partial charge in [-0.3, -0.25) is 9.59 Å². The summed E-state index contributed by atoms with van der Waals surface area (Å²) in [6.07, 6.45) is 3.27. The van der Waals surface area contributed by atoms with Crippen LogP contribution in [-0.2, 0) is 16.6 Å². The minimum absolute atomic E-state index is 0.0556. The topological polar surface area (TPSA) is 78.9 Å². The normalized spacial score (nSPS) is 19.0. The molecule has 1 N–H and O–H groups in total. The number of carbonyl (C=O) groups excluding carboxylic acids is 2. The first-order valence-corrected chi connectivity index (χ1v) is 9.41. The van der Waals surface area contributed by atoms with Gasteiger partial charge in [0.15, 0.2) is 0 Å². The number of furan rings is 1. The van der Waals surface area contributed by atoms with Gasteiger partial charge < -0.3 is 23.9 Å². The molecule has 1 aliphatic heterocycles. The van der Waals surface area contributed by atoms with E-state index in [2.05, 4.69) is 0 Å². The average molecular weight is 393 g/mol. The van der Waals surface area contributed by atoms with Crippen molar-refractivity contribution in [3.63, 3.8) is 0 Å². The summed E-state index contributed by atoms with van der Waals surface area (Å²) < 4.78 is 7.43. The minimum atomic E-state index is -0.760. The van der Waals surface area contributed by atoms with Crippen LogP contribution in [0.15, 0.2) is 58.8 Å². The van der Waals surface area contributed by atoms with Crippen LogP contribution in [0.3, 0.4) is 0 Å². The number of aryl methyl sites for hydroxylation is 1. The van der Waals surface area contributed by atoms with E-state index in [1.165, 1.54) is 11.2 Å². The molecule has 7 nitrogen and oxygen atoms in total. The Hall–Kier alpha value is -3.32. The van der Waals surface area contributed by atoms with E-state index in [-0.39, 0.29) is 11.3 Å². The molecule has 1 fully saturated rings. The fourth-order valence-corrected chi connectivity index (χ4v) is 3.84. The Labute approximate surface area is 168 Å². The van der Waals surface area contributed by atoms with Gasteiger partial charge in [0.1, 0.15) is 17.6 Å². The molecule has 0 unspecified atom stereocenters. The maximum atomic E-state index is 13.0. The van der Waals surface area contributed by atoms with Crippen molar-refractivity contribution in [2.24, 2.45) is 7.05 Å². The lowest BCUT2D eigenvalue weighted by Gasteiger charge is -2.24. The molecular formula is C22H23N3O4. The van der Waals surface area contributed by atoms with Crippen LogP contribution in [0.5, 0.6) is 0 Å². The van der Waals surface area contributed by atoms with Crippen LogP contribution in [-0.4, -0.2) is 58.3 Å². The van der Waals surface area contributed by atoms with Crippen LogP contribution in [0.1, 0.15) is 17.4 Å². The molecule has 1 aromatic carbocycles. The van der Waals surface area contributed by atoms with E-state index < -0.39 is 17.7 Å². The van der Waals surface area contributed by atoms with Crippen LogP contribution in [0, 0.1) is 0 Å². The van der Waals surface area contributed by atoms with E-state index in [0.29, 0.717) is 24.4 Å². The van der Waals surface area contributed by atoms with Gasteiger partial charge in [-0.15, -0.1) is 0 Å². The fraction of sp³-hybridized carbons (Fsp3) is 0.273. The third-order valence-electron chi connectivity index (χ3n) is 5.29. The van der Waals surface area contributed by atoms with Crippen LogP contribution >= 0.6 is 0 Å². The molecule has 150 valence electrons. The highest BCUT2D eigenvalue weighted by molar-refractivity contribution is 6.46. The molecule has 4 rings (SSSR count). The lowest BCUT2D eigenvalue weighted by Crippen LogP contribution is -2.35. The average Bonchev–Trinajstić information content (AvgIpc) is 3.39. The van der Waals surface area contributed by atoms with Crippen molar-refractivity contribution in [2.75, 3.05) is 27.2 Å². The molecule has 0 spiro atoms. The van der Waals surface area contributed by atoms with Crippen molar-refractivity contribution < 1.29 is 19.1 Å². The number of rotatable bonds is 5. The highest BCUT2D eigenvalue weighted by atomic mass is 16.3. The van der Waals surface area contributed by atoms with Crippen molar-refractivity contribution in [3.8, 4) is 0 Å². The number of hydrogen-bond acceptors (Lipinski definition) is 5. The highest BCUT2D eigenvalue weighted by Gasteiger charge is 2.47. The summed E-state index contributed by atoms with van der Waals surface area (Å²) in [5.74, 6) is -1.07. The number of Topliss-reactive ketones (excluding diaryl/α,β-unsaturated/α-hetero) is 1. The molecule has 1 saturated heterocycles. The molecule has 29 heavy (non-hydrogen) atoms. The second kappa shape index (κ2) is 7.25. The first-order chi connectivity index (χ1) is 13.9. The monoisotopic (exact) mass is 393 g/mol. The van der Waals surface area contributed by atoms with Crippen molar-refractivity contribution >= 4 is 28.4 Å². The Kier molecular flexibility index (Phi) is 4.76. The predicted molar refractivity (Wildman–Crippen MR) is 109 cm³/mol. The van der Waals surface area contributed by atoms with Gasteiger partial charge in [0.05, 0.1) is 11.8 Å². The van der Waals surface area contributed by atoms with E-state index in [0.717, 1.165) is 10.9 Å². The van der Waals surface area contributed by atoms with Crippen molar-refractivity contribution in [1.29, 1.82) is 0 Å². The Morgan fingerprint density at radius 3 is 2.62 bits per heavy atom. The molecule has 7 heteroatoms. The summed E-state index contributed by atoms with van der Waals surface area (Å²) in [6.45, 7) is 0.924. The van der Waals surface area contributed by atoms with Gasteiger partial charge in [0, 0.05) is 42.8 Å². The van der Waals surface area contributed by atoms with Crippen LogP contribution in [0.4, 0.5) is 0 Å². The minimum Gasteiger partial charge on any atom is -0.507 e. The molecule has 3 aromatic rings. The Balaban J connectivity index is 1.89. The van der Waals surface area contributed by atoms with Crippen molar-refractivity contribution in [2.45, 2.75) is 6.04 Å². The lowest BCUT2D eigenvalue weighted by atomic mass is 9.99. The van der Waals surface area contributed by atoms with E-state index >= 15 is 0 Å². The van der Waals surface area contributed by atoms with Gasteiger partial charge in [-0.05, 0) is 32.3 Å². The predicted octanol–water partition coefficient (Wildman–Crippen LogP) is 2.75. The number of benzene rings is 1. The molecule has 1 atom stereocenters.